The highest BCUT2D eigenvalue weighted by molar-refractivity contribution is 6.08. The molecule has 1 heterocycles. The number of phenolic OH excluding ortho intramolecular Hbond substituents is 1. The van der Waals surface area contributed by atoms with Gasteiger partial charge in [-0.25, -0.2) is 0 Å². The Bertz CT molecular complexity index is 1050. The topological polar surface area (TPSA) is 55.8 Å². The van der Waals surface area contributed by atoms with Crippen LogP contribution in [0, 0.1) is 0 Å². The van der Waals surface area contributed by atoms with E-state index < -0.39 is 0 Å². The molecule has 0 amide bonds. The molecule has 1 aliphatic rings. The molecule has 0 unspecified atom stereocenters. The highest BCUT2D eigenvalue weighted by Gasteiger charge is 2.21. The summed E-state index contributed by atoms with van der Waals surface area (Å²) in [6.07, 6.45) is 9.95. The molecule has 0 radical (unpaired) electrons. The number of aromatic hydroxyl groups is 1. The Balaban J connectivity index is 1.84. The van der Waals surface area contributed by atoms with E-state index >= 15 is 0 Å². The summed E-state index contributed by atoms with van der Waals surface area (Å²) in [5, 5.41) is 10.3. The van der Waals surface area contributed by atoms with Crippen LogP contribution in [0.3, 0.4) is 0 Å². The van der Waals surface area contributed by atoms with Crippen LogP contribution in [0.1, 0.15) is 54.7 Å². The third-order valence-corrected chi connectivity index (χ3v) is 4.89. The first-order chi connectivity index (χ1) is 14.2. The highest BCUT2D eigenvalue weighted by atomic mass is 16.5. The fourth-order valence-corrected chi connectivity index (χ4v) is 3.24. The zero-order valence-corrected chi connectivity index (χ0v) is 18.2. The number of fused-ring (bicyclic) bond motifs is 1. The van der Waals surface area contributed by atoms with E-state index in [1.54, 1.807) is 19.3 Å². The van der Waals surface area contributed by atoms with Crippen molar-refractivity contribution in [1.82, 2.24) is 0 Å². The Morgan fingerprint density at radius 1 is 1.20 bits per heavy atom. The maximum Gasteiger partial charge on any atom is 0.189 e. The Morgan fingerprint density at radius 3 is 2.67 bits per heavy atom. The average molecular weight is 405 g/mol. The minimum atomic E-state index is -0.324. The zero-order chi connectivity index (χ0) is 21.9. The summed E-state index contributed by atoms with van der Waals surface area (Å²) in [5.74, 6) is 1.03. The molecule has 0 fully saturated rings. The van der Waals surface area contributed by atoms with Crippen molar-refractivity contribution in [3.8, 4) is 17.2 Å². The molecule has 4 heteroatoms. The van der Waals surface area contributed by atoms with Gasteiger partial charge in [0.25, 0.3) is 0 Å². The number of hydrogen-bond acceptors (Lipinski definition) is 4. The van der Waals surface area contributed by atoms with Crippen LogP contribution in [0.5, 0.6) is 17.2 Å². The molecule has 0 aliphatic carbocycles. The van der Waals surface area contributed by atoms with Gasteiger partial charge in [0.05, 0.1) is 12.7 Å². The molecule has 0 spiro atoms. The lowest BCUT2D eigenvalue weighted by molar-refractivity contribution is 0.104. The second-order valence-electron chi connectivity index (χ2n) is 8.20. The standard InChI is InChI=1S/C26H28O4/c1-17(2)6-9-19-15-21(23(28)16-25(19)29-5)22(27)10-7-18-8-11-24-20(14-18)12-13-26(3,4)30-24/h6-8,10-16,28H,9H2,1-5H3/b10-7+. The van der Waals surface area contributed by atoms with Gasteiger partial charge in [0.15, 0.2) is 5.78 Å². The molecule has 0 saturated carbocycles. The van der Waals surface area contributed by atoms with Gasteiger partial charge in [-0.1, -0.05) is 29.9 Å². The van der Waals surface area contributed by atoms with E-state index in [1.165, 1.54) is 17.7 Å². The summed E-state index contributed by atoms with van der Waals surface area (Å²) >= 11 is 0. The summed E-state index contributed by atoms with van der Waals surface area (Å²) in [4.78, 5) is 12.8. The molecule has 0 aromatic heterocycles. The average Bonchev–Trinajstić information content (AvgIpc) is 2.70. The first kappa shape index (κ1) is 21.4. The molecule has 0 saturated heterocycles. The van der Waals surface area contributed by atoms with Crippen LogP contribution in [0.2, 0.25) is 0 Å². The van der Waals surface area contributed by atoms with Gasteiger partial charge in [-0.3, -0.25) is 4.79 Å². The number of hydrogen-bond donors (Lipinski definition) is 1. The van der Waals surface area contributed by atoms with Gasteiger partial charge in [-0.15, -0.1) is 0 Å². The van der Waals surface area contributed by atoms with Gasteiger partial charge in [0.1, 0.15) is 22.8 Å². The predicted octanol–water partition coefficient (Wildman–Crippen LogP) is 5.99. The largest absolute Gasteiger partial charge is 0.507 e. The van der Waals surface area contributed by atoms with Crippen molar-refractivity contribution in [3.63, 3.8) is 0 Å². The van der Waals surface area contributed by atoms with E-state index in [2.05, 4.69) is 6.08 Å². The predicted molar refractivity (Wildman–Crippen MR) is 121 cm³/mol. The molecule has 4 nitrogen and oxygen atoms in total. The monoisotopic (exact) mass is 404 g/mol. The summed E-state index contributed by atoms with van der Waals surface area (Å²) in [6, 6.07) is 8.99. The Morgan fingerprint density at radius 2 is 1.97 bits per heavy atom. The maximum absolute atomic E-state index is 12.8. The van der Waals surface area contributed by atoms with Crippen molar-refractivity contribution in [2.24, 2.45) is 0 Å². The van der Waals surface area contributed by atoms with Crippen LogP contribution in [-0.4, -0.2) is 23.6 Å². The molecule has 1 aliphatic heterocycles. The molecule has 0 bridgehead atoms. The van der Waals surface area contributed by atoms with Crippen LogP contribution < -0.4 is 9.47 Å². The minimum absolute atomic E-state index is 0.0912. The van der Waals surface area contributed by atoms with Crippen LogP contribution in [0.15, 0.2) is 54.1 Å². The van der Waals surface area contributed by atoms with Crippen molar-refractivity contribution >= 4 is 17.9 Å². The minimum Gasteiger partial charge on any atom is -0.507 e. The molecule has 2 aromatic carbocycles. The van der Waals surface area contributed by atoms with Crippen molar-refractivity contribution in [3.05, 3.63) is 76.4 Å². The molecule has 30 heavy (non-hydrogen) atoms. The van der Waals surface area contributed by atoms with Crippen molar-refractivity contribution in [1.29, 1.82) is 0 Å². The van der Waals surface area contributed by atoms with E-state index in [9.17, 15) is 9.90 Å². The molecular weight excluding hydrogens is 376 g/mol. The third-order valence-electron chi connectivity index (χ3n) is 4.89. The quantitative estimate of drug-likeness (QED) is 0.365. The molecule has 2 aromatic rings. The number of ketones is 1. The second kappa shape index (κ2) is 8.62. The Kier molecular flexibility index (Phi) is 6.16. The number of ether oxygens (including phenoxy) is 2. The summed E-state index contributed by atoms with van der Waals surface area (Å²) in [6.45, 7) is 8.04. The number of benzene rings is 2. The Labute approximate surface area is 178 Å². The molecule has 3 rings (SSSR count). The third kappa shape index (κ3) is 5.01. The first-order valence-electron chi connectivity index (χ1n) is 9.96. The van der Waals surface area contributed by atoms with Crippen LogP contribution in [-0.2, 0) is 6.42 Å². The number of carbonyl (C=O) groups excluding carboxylic acids is 1. The normalized spacial score (nSPS) is 14.2. The molecule has 156 valence electrons. The van der Waals surface area contributed by atoms with E-state index in [0.717, 1.165) is 22.4 Å². The zero-order valence-electron chi connectivity index (χ0n) is 18.2. The smallest absolute Gasteiger partial charge is 0.189 e. The van der Waals surface area contributed by atoms with Gasteiger partial charge >= 0.3 is 0 Å². The number of methoxy groups -OCH3 is 1. The number of carbonyl (C=O) groups is 1. The lowest BCUT2D eigenvalue weighted by Crippen LogP contribution is -2.27. The van der Waals surface area contributed by atoms with Gasteiger partial charge in [-0.2, -0.15) is 0 Å². The van der Waals surface area contributed by atoms with Crippen molar-refractivity contribution in [2.75, 3.05) is 7.11 Å². The first-order valence-corrected chi connectivity index (χ1v) is 9.96. The lowest BCUT2D eigenvalue weighted by atomic mass is 9.99. The number of rotatable bonds is 6. The molecule has 0 atom stereocenters. The fourth-order valence-electron chi connectivity index (χ4n) is 3.24. The van der Waals surface area contributed by atoms with E-state index in [1.807, 2.05) is 58.0 Å². The molecular formula is C26H28O4. The van der Waals surface area contributed by atoms with E-state index in [4.69, 9.17) is 9.47 Å². The summed E-state index contributed by atoms with van der Waals surface area (Å²) in [5.41, 5.74) is 3.81. The summed E-state index contributed by atoms with van der Waals surface area (Å²) < 4.78 is 11.3. The lowest BCUT2D eigenvalue weighted by Gasteiger charge is -2.27. The number of phenols is 1. The van der Waals surface area contributed by atoms with E-state index in [-0.39, 0.29) is 22.7 Å². The highest BCUT2D eigenvalue weighted by Crippen LogP contribution is 2.32. The summed E-state index contributed by atoms with van der Waals surface area (Å²) in [7, 11) is 1.55. The van der Waals surface area contributed by atoms with Crippen LogP contribution >= 0.6 is 0 Å². The second-order valence-corrected chi connectivity index (χ2v) is 8.20. The fraction of sp³-hybridized carbons (Fsp3) is 0.269. The maximum atomic E-state index is 12.8. The van der Waals surface area contributed by atoms with Gasteiger partial charge in [0, 0.05) is 11.6 Å². The van der Waals surface area contributed by atoms with Gasteiger partial charge in [-0.05, 0) is 75.6 Å². The van der Waals surface area contributed by atoms with Gasteiger partial charge < -0.3 is 14.6 Å². The number of allylic oxidation sites excluding steroid dienone is 3. The van der Waals surface area contributed by atoms with Crippen LogP contribution in [0.25, 0.3) is 12.2 Å². The van der Waals surface area contributed by atoms with Crippen LogP contribution in [0.4, 0.5) is 0 Å². The van der Waals surface area contributed by atoms with Gasteiger partial charge in [0.2, 0.25) is 0 Å². The SMILES string of the molecule is COc1cc(O)c(C(=O)/C=C/c2ccc3c(c2)C=CC(C)(C)O3)cc1CC=C(C)C. The van der Waals surface area contributed by atoms with E-state index in [0.29, 0.717) is 12.2 Å². The molecule has 1 N–H and O–H groups in total. The van der Waals surface area contributed by atoms with Crippen molar-refractivity contribution < 1.29 is 19.4 Å². The Hall–Kier alpha value is -3.27. The van der Waals surface area contributed by atoms with Crippen molar-refractivity contribution in [2.45, 2.75) is 39.7 Å².